The molecule has 114 valence electrons. The van der Waals surface area contributed by atoms with Crippen LogP contribution in [0.4, 0.5) is 15.8 Å². The van der Waals surface area contributed by atoms with Gasteiger partial charge in [0.15, 0.2) is 0 Å². The first kappa shape index (κ1) is 15.2. The highest BCUT2D eigenvalue weighted by Gasteiger charge is 2.31. The van der Waals surface area contributed by atoms with E-state index in [0.717, 1.165) is 25.0 Å². The molecular weight excluding hydrogens is 277 g/mol. The molecule has 0 spiro atoms. The van der Waals surface area contributed by atoms with Crippen molar-refractivity contribution in [2.24, 2.45) is 5.92 Å². The van der Waals surface area contributed by atoms with Crippen LogP contribution in [0.2, 0.25) is 0 Å². The number of halogens is 1. The molecule has 0 saturated carbocycles. The molecule has 1 fully saturated rings. The third-order valence-electron chi connectivity index (χ3n) is 4.18. The van der Waals surface area contributed by atoms with Gasteiger partial charge in [0.1, 0.15) is 11.5 Å². The number of benzene rings is 1. The molecule has 21 heavy (non-hydrogen) atoms. The second-order valence-corrected chi connectivity index (χ2v) is 5.50. The summed E-state index contributed by atoms with van der Waals surface area (Å²) in [5, 5.41) is 10.9. The van der Waals surface area contributed by atoms with Crippen LogP contribution < -0.4 is 5.73 Å². The number of hydrogen-bond acceptors (Lipinski definition) is 4. The van der Waals surface area contributed by atoms with Gasteiger partial charge in [-0.3, -0.25) is 14.9 Å². The third kappa shape index (κ3) is 2.81. The lowest BCUT2D eigenvalue weighted by molar-refractivity contribution is -0.384. The van der Waals surface area contributed by atoms with E-state index in [1.165, 1.54) is 0 Å². The molecule has 0 aliphatic carbocycles. The molecule has 1 heterocycles. The fourth-order valence-electron chi connectivity index (χ4n) is 2.71. The van der Waals surface area contributed by atoms with Crippen molar-refractivity contribution >= 4 is 17.3 Å². The Bertz CT molecular complexity index is 591. The van der Waals surface area contributed by atoms with Crippen molar-refractivity contribution < 1.29 is 14.1 Å². The summed E-state index contributed by atoms with van der Waals surface area (Å²) in [7, 11) is 0. The number of carbonyl (C=O) groups excluding carboxylic acids is 1. The molecule has 0 aromatic heterocycles. The lowest BCUT2D eigenvalue weighted by Gasteiger charge is -2.38. The van der Waals surface area contributed by atoms with E-state index in [0.29, 0.717) is 12.5 Å². The lowest BCUT2D eigenvalue weighted by Crippen LogP contribution is -2.46. The summed E-state index contributed by atoms with van der Waals surface area (Å²) in [6, 6.07) is 1.69. The fourth-order valence-corrected chi connectivity index (χ4v) is 2.71. The SMILES string of the molecule is CC1CCCN(C(=O)c2cc(F)cc([N+](=O)[O-])c2N)C1C. The van der Waals surface area contributed by atoms with Gasteiger partial charge in [0.2, 0.25) is 0 Å². The van der Waals surface area contributed by atoms with Crippen LogP contribution in [-0.2, 0) is 0 Å². The number of nitrogen functional groups attached to an aromatic ring is 1. The largest absolute Gasteiger partial charge is 0.393 e. The number of piperidine rings is 1. The predicted octanol–water partition coefficient (Wildman–Crippen LogP) is 2.58. The number of nitrogens with zero attached hydrogens (tertiary/aromatic N) is 2. The van der Waals surface area contributed by atoms with E-state index in [-0.39, 0.29) is 17.3 Å². The molecule has 7 heteroatoms. The standard InChI is InChI=1S/C14H18FN3O3/c1-8-4-3-5-17(9(8)2)14(19)11-6-10(15)7-12(13(11)16)18(20)21/h6-9H,3-5,16H2,1-2H3. The van der Waals surface area contributed by atoms with E-state index in [2.05, 4.69) is 0 Å². The topological polar surface area (TPSA) is 89.5 Å². The number of nitro benzene ring substituents is 1. The summed E-state index contributed by atoms with van der Waals surface area (Å²) in [6.07, 6.45) is 1.87. The van der Waals surface area contributed by atoms with Gasteiger partial charge < -0.3 is 10.6 Å². The van der Waals surface area contributed by atoms with Gasteiger partial charge in [0.25, 0.3) is 11.6 Å². The summed E-state index contributed by atoms with van der Waals surface area (Å²) in [6.45, 7) is 4.52. The van der Waals surface area contributed by atoms with Gasteiger partial charge in [-0.25, -0.2) is 4.39 Å². The van der Waals surface area contributed by atoms with Crippen LogP contribution in [0.1, 0.15) is 37.0 Å². The molecule has 0 bridgehead atoms. The Hall–Kier alpha value is -2.18. The van der Waals surface area contributed by atoms with Crippen molar-refractivity contribution in [2.75, 3.05) is 12.3 Å². The summed E-state index contributed by atoms with van der Waals surface area (Å²) in [5.41, 5.74) is 4.69. The normalized spacial score (nSPS) is 22.1. The molecule has 2 N–H and O–H groups in total. The monoisotopic (exact) mass is 295 g/mol. The molecule has 1 aliphatic heterocycles. The first-order chi connectivity index (χ1) is 9.82. The number of nitrogens with two attached hydrogens (primary N) is 1. The summed E-state index contributed by atoms with van der Waals surface area (Å²) >= 11 is 0. The van der Waals surface area contributed by atoms with Crippen LogP contribution in [0.5, 0.6) is 0 Å². The number of amides is 1. The molecule has 6 nitrogen and oxygen atoms in total. The van der Waals surface area contributed by atoms with Gasteiger partial charge in [-0.2, -0.15) is 0 Å². The number of likely N-dealkylation sites (tertiary alicyclic amines) is 1. The first-order valence-electron chi connectivity index (χ1n) is 6.87. The van der Waals surface area contributed by atoms with Crippen molar-refractivity contribution in [2.45, 2.75) is 32.7 Å². The number of hydrogen-bond donors (Lipinski definition) is 1. The van der Waals surface area contributed by atoms with Crippen LogP contribution in [0.25, 0.3) is 0 Å². The Kier molecular flexibility index (Phi) is 4.11. The maximum atomic E-state index is 13.5. The second kappa shape index (κ2) is 5.67. The Morgan fingerprint density at radius 3 is 2.76 bits per heavy atom. The van der Waals surface area contributed by atoms with Gasteiger partial charge in [0.05, 0.1) is 16.6 Å². The zero-order valence-electron chi connectivity index (χ0n) is 12.0. The minimum absolute atomic E-state index is 0.00651. The van der Waals surface area contributed by atoms with Crippen LogP contribution in [0.3, 0.4) is 0 Å². The molecule has 2 rings (SSSR count). The Morgan fingerprint density at radius 1 is 1.48 bits per heavy atom. The Morgan fingerprint density at radius 2 is 2.14 bits per heavy atom. The van der Waals surface area contributed by atoms with E-state index in [1.807, 2.05) is 13.8 Å². The minimum atomic E-state index is -0.836. The molecule has 1 aromatic carbocycles. The average molecular weight is 295 g/mol. The number of carbonyl (C=O) groups is 1. The summed E-state index contributed by atoms with van der Waals surface area (Å²) in [5.74, 6) is -0.960. The predicted molar refractivity (Wildman–Crippen MR) is 76.4 cm³/mol. The summed E-state index contributed by atoms with van der Waals surface area (Å²) < 4.78 is 13.5. The Balaban J connectivity index is 2.41. The first-order valence-corrected chi connectivity index (χ1v) is 6.87. The van der Waals surface area contributed by atoms with Crippen molar-refractivity contribution in [3.05, 3.63) is 33.6 Å². The third-order valence-corrected chi connectivity index (χ3v) is 4.18. The van der Waals surface area contributed by atoms with Crippen molar-refractivity contribution in [3.8, 4) is 0 Å². The van der Waals surface area contributed by atoms with Crippen molar-refractivity contribution in [1.29, 1.82) is 0 Å². The minimum Gasteiger partial charge on any atom is -0.393 e. The van der Waals surface area contributed by atoms with Crippen molar-refractivity contribution in [3.63, 3.8) is 0 Å². The number of rotatable bonds is 2. The fraction of sp³-hybridized carbons (Fsp3) is 0.500. The smallest absolute Gasteiger partial charge is 0.295 e. The number of nitro groups is 1. The maximum Gasteiger partial charge on any atom is 0.295 e. The van der Waals surface area contributed by atoms with E-state index in [9.17, 15) is 19.3 Å². The molecule has 1 amide bonds. The van der Waals surface area contributed by atoms with Crippen LogP contribution >= 0.6 is 0 Å². The van der Waals surface area contributed by atoms with E-state index in [1.54, 1.807) is 4.90 Å². The van der Waals surface area contributed by atoms with Crippen molar-refractivity contribution in [1.82, 2.24) is 4.90 Å². The molecular formula is C14H18FN3O3. The number of anilines is 1. The van der Waals surface area contributed by atoms with Gasteiger partial charge in [-0.1, -0.05) is 6.92 Å². The van der Waals surface area contributed by atoms with Crippen LogP contribution in [0.15, 0.2) is 12.1 Å². The zero-order valence-corrected chi connectivity index (χ0v) is 12.0. The van der Waals surface area contributed by atoms with E-state index < -0.39 is 22.3 Å². The maximum absolute atomic E-state index is 13.5. The quantitative estimate of drug-likeness (QED) is 0.516. The molecule has 1 aliphatic rings. The summed E-state index contributed by atoms with van der Waals surface area (Å²) in [4.78, 5) is 24.3. The molecule has 1 saturated heterocycles. The highest BCUT2D eigenvalue weighted by Crippen LogP contribution is 2.30. The van der Waals surface area contributed by atoms with E-state index >= 15 is 0 Å². The molecule has 1 aromatic rings. The van der Waals surface area contributed by atoms with Gasteiger partial charge in [-0.05, 0) is 31.7 Å². The highest BCUT2D eigenvalue weighted by atomic mass is 19.1. The van der Waals surface area contributed by atoms with Gasteiger partial charge in [-0.15, -0.1) is 0 Å². The second-order valence-electron chi connectivity index (χ2n) is 5.50. The zero-order chi connectivity index (χ0) is 15.7. The van der Waals surface area contributed by atoms with Crippen LogP contribution in [0, 0.1) is 21.8 Å². The van der Waals surface area contributed by atoms with E-state index in [4.69, 9.17) is 5.73 Å². The lowest BCUT2D eigenvalue weighted by atomic mass is 9.91. The molecule has 2 unspecified atom stereocenters. The molecule has 0 radical (unpaired) electrons. The van der Waals surface area contributed by atoms with Crippen LogP contribution in [-0.4, -0.2) is 28.3 Å². The van der Waals surface area contributed by atoms with Gasteiger partial charge in [0, 0.05) is 12.6 Å². The Labute approximate surface area is 121 Å². The highest BCUT2D eigenvalue weighted by molar-refractivity contribution is 6.01. The molecule has 2 atom stereocenters. The van der Waals surface area contributed by atoms with Gasteiger partial charge >= 0.3 is 0 Å². The average Bonchev–Trinajstić information content (AvgIpc) is 2.43.